The van der Waals surface area contributed by atoms with Crippen molar-refractivity contribution in [2.45, 2.75) is 63.6 Å². The molecular weight excluding hydrogens is 462 g/mol. The van der Waals surface area contributed by atoms with Crippen LogP contribution in [0, 0.1) is 11.3 Å². The Balaban J connectivity index is 1.47. The predicted molar refractivity (Wildman–Crippen MR) is 139 cm³/mol. The summed E-state index contributed by atoms with van der Waals surface area (Å²) >= 11 is 2.90. The normalized spacial score (nSPS) is 13.2. The number of aryl methyl sites for hydroxylation is 1. The van der Waals surface area contributed by atoms with Crippen molar-refractivity contribution in [3.8, 4) is 17.5 Å². The molecule has 1 aliphatic carbocycles. The number of hydrogen-bond donors (Lipinski definition) is 1. The number of nitrogens with one attached hydrogen (secondary N) is 1. The Morgan fingerprint density at radius 2 is 2.03 bits per heavy atom. The molecular formula is C26H29N5OS2. The number of rotatable bonds is 8. The van der Waals surface area contributed by atoms with Crippen molar-refractivity contribution in [2.75, 3.05) is 11.1 Å². The number of amides is 1. The molecule has 1 N–H and O–H groups in total. The van der Waals surface area contributed by atoms with Crippen LogP contribution in [0.1, 0.15) is 60.6 Å². The minimum atomic E-state index is -0.145. The van der Waals surface area contributed by atoms with E-state index in [0.29, 0.717) is 28.2 Å². The van der Waals surface area contributed by atoms with Crippen LogP contribution in [0.25, 0.3) is 11.4 Å². The molecule has 1 amide bonds. The number of nitriles is 1. The Morgan fingerprint density at radius 3 is 2.74 bits per heavy atom. The van der Waals surface area contributed by atoms with Gasteiger partial charge in [0.15, 0.2) is 11.0 Å². The fraction of sp³-hybridized carbons (Fsp3) is 0.385. The van der Waals surface area contributed by atoms with Crippen LogP contribution in [0.3, 0.4) is 0 Å². The van der Waals surface area contributed by atoms with E-state index in [9.17, 15) is 10.1 Å². The number of hydrogen-bond acceptors (Lipinski definition) is 6. The highest BCUT2D eigenvalue weighted by molar-refractivity contribution is 7.99. The molecule has 176 valence electrons. The molecule has 0 saturated carbocycles. The zero-order chi connectivity index (χ0) is 24.1. The van der Waals surface area contributed by atoms with Gasteiger partial charge in [-0.2, -0.15) is 5.26 Å². The molecule has 0 saturated heterocycles. The van der Waals surface area contributed by atoms with E-state index in [2.05, 4.69) is 66.3 Å². The van der Waals surface area contributed by atoms with Gasteiger partial charge in [0, 0.05) is 17.0 Å². The number of nitrogens with zero attached hydrogens (tertiary/aromatic N) is 4. The highest BCUT2D eigenvalue weighted by Crippen LogP contribution is 2.37. The molecule has 0 unspecified atom stereocenters. The minimum absolute atomic E-state index is 0.145. The molecule has 8 heteroatoms. The van der Waals surface area contributed by atoms with Crippen molar-refractivity contribution in [2.24, 2.45) is 0 Å². The van der Waals surface area contributed by atoms with Crippen LogP contribution in [-0.4, -0.2) is 26.4 Å². The molecule has 3 aromatic rings. The number of aromatic nitrogens is 3. The van der Waals surface area contributed by atoms with Gasteiger partial charge in [-0.3, -0.25) is 9.36 Å². The molecule has 0 atom stereocenters. The van der Waals surface area contributed by atoms with Crippen LogP contribution in [0.4, 0.5) is 5.00 Å². The second-order valence-corrected chi connectivity index (χ2v) is 10.7. The molecule has 0 aliphatic heterocycles. The summed E-state index contributed by atoms with van der Waals surface area (Å²) in [7, 11) is 0. The van der Waals surface area contributed by atoms with Gasteiger partial charge in [0.25, 0.3) is 0 Å². The van der Waals surface area contributed by atoms with Crippen molar-refractivity contribution < 1.29 is 4.79 Å². The lowest BCUT2D eigenvalue weighted by molar-refractivity contribution is -0.113. The summed E-state index contributed by atoms with van der Waals surface area (Å²) in [6, 6.07) is 10.7. The van der Waals surface area contributed by atoms with Gasteiger partial charge in [-0.25, -0.2) is 0 Å². The first-order valence-electron chi connectivity index (χ1n) is 11.6. The Labute approximate surface area is 209 Å². The van der Waals surface area contributed by atoms with E-state index in [1.807, 2.05) is 4.57 Å². The maximum absolute atomic E-state index is 12.8. The summed E-state index contributed by atoms with van der Waals surface area (Å²) in [6.07, 6.45) is 7.15. The van der Waals surface area contributed by atoms with Gasteiger partial charge in [-0.15, -0.1) is 28.1 Å². The van der Waals surface area contributed by atoms with Crippen LogP contribution < -0.4 is 5.32 Å². The molecule has 0 radical (unpaired) electrons. The van der Waals surface area contributed by atoms with Crippen LogP contribution in [0.2, 0.25) is 0 Å². The standard InChI is InChI=1S/C26H29N5OS2/c1-4-14-31-24(19-12-10-18(11-13-19)17(2)3)29-30-26(31)33-16-23(32)28-25-21(15-27)20-8-6-5-7-9-22(20)34-25/h4,10-13,17H,1,5-9,14,16H2,2-3H3,(H,28,32). The molecule has 2 aromatic heterocycles. The van der Waals surface area contributed by atoms with E-state index < -0.39 is 0 Å². The highest BCUT2D eigenvalue weighted by atomic mass is 32.2. The number of carbonyl (C=O) groups is 1. The van der Waals surface area contributed by atoms with Crippen LogP contribution in [0.15, 0.2) is 42.1 Å². The molecule has 0 bridgehead atoms. The summed E-state index contributed by atoms with van der Waals surface area (Å²) in [5.74, 6) is 1.26. The van der Waals surface area contributed by atoms with Crippen molar-refractivity contribution in [3.05, 3.63) is 58.5 Å². The van der Waals surface area contributed by atoms with Crippen LogP contribution in [0.5, 0.6) is 0 Å². The number of allylic oxidation sites excluding steroid dienone is 1. The van der Waals surface area contributed by atoms with E-state index in [0.717, 1.165) is 42.6 Å². The van der Waals surface area contributed by atoms with Crippen molar-refractivity contribution >= 4 is 34.0 Å². The Morgan fingerprint density at radius 1 is 1.26 bits per heavy atom. The maximum Gasteiger partial charge on any atom is 0.235 e. The van der Waals surface area contributed by atoms with Crippen LogP contribution in [-0.2, 0) is 24.2 Å². The predicted octanol–water partition coefficient (Wildman–Crippen LogP) is 6.19. The number of benzene rings is 1. The van der Waals surface area contributed by atoms with E-state index in [-0.39, 0.29) is 11.7 Å². The zero-order valence-corrected chi connectivity index (χ0v) is 21.3. The van der Waals surface area contributed by atoms with Crippen molar-refractivity contribution in [1.29, 1.82) is 5.26 Å². The molecule has 2 heterocycles. The molecule has 34 heavy (non-hydrogen) atoms. The third-order valence-electron chi connectivity index (χ3n) is 5.98. The summed E-state index contributed by atoms with van der Waals surface area (Å²) in [6.45, 7) is 8.75. The Hall–Kier alpha value is -2.89. The first kappa shape index (κ1) is 24.2. The molecule has 0 fully saturated rings. The average molecular weight is 492 g/mol. The van der Waals surface area contributed by atoms with E-state index >= 15 is 0 Å². The maximum atomic E-state index is 12.8. The van der Waals surface area contributed by atoms with Gasteiger partial charge in [0.05, 0.1) is 11.3 Å². The number of carbonyl (C=O) groups excluding carboxylic acids is 1. The van der Waals surface area contributed by atoms with Gasteiger partial charge >= 0.3 is 0 Å². The first-order valence-corrected chi connectivity index (χ1v) is 13.4. The van der Waals surface area contributed by atoms with Crippen LogP contribution >= 0.6 is 23.1 Å². The second kappa shape index (κ2) is 11.0. The lowest BCUT2D eigenvalue weighted by Crippen LogP contribution is -2.14. The summed E-state index contributed by atoms with van der Waals surface area (Å²) in [5.41, 5.74) is 4.02. The van der Waals surface area contributed by atoms with Crippen molar-refractivity contribution in [1.82, 2.24) is 14.8 Å². The lowest BCUT2D eigenvalue weighted by atomic mass is 10.0. The molecule has 4 rings (SSSR count). The zero-order valence-electron chi connectivity index (χ0n) is 19.6. The van der Waals surface area contributed by atoms with Gasteiger partial charge in [0.1, 0.15) is 11.1 Å². The van der Waals surface area contributed by atoms with Gasteiger partial charge in [-0.05, 0) is 42.7 Å². The molecule has 0 spiro atoms. The first-order chi connectivity index (χ1) is 16.5. The molecule has 1 aromatic carbocycles. The lowest BCUT2D eigenvalue weighted by Gasteiger charge is -2.09. The quantitative estimate of drug-likeness (QED) is 0.231. The smallest absolute Gasteiger partial charge is 0.235 e. The van der Waals surface area contributed by atoms with E-state index in [4.69, 9.17) is 0 Å². The fourth-order valence-electron chi connectivity index (χ4n) is 4.16. The topological polar surface area (TPSA) is 83.6 Å². The van der Waals surface area contributed by atoms with Gasteiger partial charge in [-0.1, -0.05) is 62.4 Å². The number of thioether (sulfide) groups is 1. The number of thiophene rings is 1. The van der Waals surface area contributed by atoms with Crippen molar-refractivity contribution in [3.63, 3.8) is 0 Å². The molecule has 6 nitrogen and oxygen atoms in total. The SMILES string of the molecule is C=CCn1c(SCC(=O)Nc2sc3c(c2C#N)CCCCC3)nnc1-c1ccc(C(C)C)cc1. The second-order valence-electron chi connectivity index (χ2n) is 8.70. The third kappa shape index (κ3) is 5.26. The highest BCUT2D eigenvalue weighted by Gasteiger charge is 2.21. The third-order valence-corrected chi connectivity index (χ3v) is 8.16. The Bertz CT molecular complexity index is 1220. The van der Waals surface area contributed by atoms with Gasteiger partial charge in [0.2, 0.25) is 5.91 Å². The van der Waals surface area contributed by atoms with E-state index in [1.165, 1.54) is 28.6 Å². The largest absolute Gasteiger partial charge is 0.316 e. The summed E-state index contributed by atoms with van der Waals surface area (Å²) < 4.78 is 1.98. The minimum Gasteiger partial charge on any atom is -0.316 e. The Kier molecular flexibility index (Phi) is 7.86. The number of anilines is 1. The average Bonchev–Trinajstić information content (AvgIpc) is 3.29. The summed E-state index contributed by atoms with van der Waals surface area (Å²) in [5, 5.41) is 22.8. The fourth-order valence-corrected chi connectivity index (χ4v) is 6.17. The summed E-state index contributed by atoms with van der Waals surface area (Å²) in [4.78, 5) is 14.0. The van der Waals surface area contributed by atoms with E-state index in [1.54, 1.807) is 17.4 Å². The monoisotopic (exact) mass is 491 g/mol. The molecule has 1 aliphatic rings. The number of fused-ring (bicyclic) bond motifs is 1. The van der Waals surface area contributed by atoms with Gasteiger partial charge < -0.3 is 5.32 Å².